The van der Waals surface area contributed by atoms with E-state index in [2.05, 4.69) is 13.8 Å². The molecular formula is C15H23NO. The van der Waals surface area contributed by atoms with Gasteiger partial charge in [0.15, 0.2) is 5.78 Å². The zero-order valence-electron chi connectivity index (χ0n) is 10.9. The van der Waals surface area contributed by atoms with Crippen LogP contribution >= 0.6 is 0 Å². The van der Waals surface area contributed by atoms with Gasteiger partial charge in [-0.05, 0) is 30.9 Å². The third-order valence-electron chi connectivity index (χ3n) is 2.92. The first-order valence-electron chi connectivity index (χ1n) is 6.46. The van der Waals surface area contributed by atoms with Crippen LogP contribution in [0.1, 0.15) is 49.0 Å². The van der Waals surface area contributed by atoms with Gasteiger partial charge in [0.25, 0.3) is 0 Å². The lowest BCUT2D eigenvalue weighted by molar-refractivity contribution is 0.0977. The Balaban J connectivity index is 2.61. The molecule has 1 rings (SSSR count). The van der Waals surface area contributed by atoms with Crippen LogP contribution in [0, 0.1) is 5.92 Å². The summed E-state index contributed by atoms with van der Waals surface area (Å²) in [4.78, 5) is 12.1. The lowest BCUT2D eigenvalue weighted by Gasteiger charge is -2.08. The first-order chi connectivity index (χ1) is 8.15. The zero-order valence-corrected chi connectivity index (χ0v) is 10.9. The van der Waals surface area contributed by atoms with Crippen molar-refractivity contribution in [3.05, 3.63) is 35.4 Å². The highest BCUT2D eigenvalue weighted by molar-refractivity contribution is 5.97. The molecule has 17 heavy (non-hydrogen) atoms. The first-order valence-corrected chi connectivity index (χ1v) is 6.46. The van der Waals surface area contributed by atoms with Crippen LogP contribution in [0.2, 0.25) is 0 Å². The molecule has 0 aromatic heterocycles. The van der Waals surface area contributed by atoms with Crippen molar-refractivity contribution in [1.29, 1.82) is 0 Å². The summed E-state index contributed by atoms with van der Waals surface area (Å²) >= 11 is 0. The predicted molar refractivity (Wildman–Crippen MR) is 72.2 cm³/mol. The van der Waals surface area contributed by atoms with Crippen molar-refractivity contribution in [3.63, 3.8) is 0 Å². The quantitative estimate of drug-likeness (QED) is 0.735. The van der Waals surface area contributed by atoms with E-state index >= 15 is 0 Å². The molecule has 0 heterocycles. The van der Waals surface area contributed by atoms with Crippen LogP contribution in [0.5, 0.6) is 0 Å². The molecule has 1 aromatic carbocycles. The molecule has 0 spiro atoms. The van der Waals surface area contributed by atoms with Crippen LogP contribution in [-0.4, -0.2) is 12.3 Å². The van der Waals surface area contributed by atoms with E-state index in [4.69, 9.17) is 5.73 Å². The van der Waals surface area contributed by atoms with Crippen molar-refractivity contribution >= 4 is 5.78 Å². The Morgan fingerprint density at radius 2 is 2.00 bits per heavy atom. The minimum Gasteiger partial charge on any atom is -0.330 e. The van der Waals surface area contributed by atoms with Gasteiger partial charge in [-0.15, -0.1) is 0 Å². The summed E-state index contributed by atoms with van der Waals surface area (Å²) in [5.41, 5.74) is 7.51. The summed E-state index contributed by atoms with van der Waals surface area (Å²) in [6.07, 6.45) is 3.53. The Morgan fingerprint density at radius 1 is 1.29 bits per heavy atom. The molecular weight excluding hydrogens is 210 g/mol. The van der Waals surface area contributed by atoms with E-state index in [9.17, 15) is 4.79 Å². The fourth-order valence-electron chi connectivity index (χ4n) is 1.97. The van der Waals surface area contributed by atoms with Crippen LogP contribution in [0.15, 0.2) is 24.3 Å². The van der Waals surface area contributed by atoms with Gasteiger partial charge in [0.05, 0.1) is 0 Å². The van der Waals surface area contributed by atoms with Gasteiger partial charge in [-0.2, -0.15) is 0 Å². The Hall–Kier alpha value is -1.15. The van der Waals surface area contributed by atoms with Crippen molar-refractivity contribution in [2.75, 3.05) is 6.54 Å². The molecule has 0 amide bonds. The van der Waals surface area contributed by atoms with E-state index in [1.54, 1.807) is 0 Å². The summed E-state index contributed by atoms with van der Waals surface area (Å²) in [5.74, 6) is 0.928. The van der Waals surface area contributed by atoms with Gasteiger partial charge >= 0.3 is 0 Å². The van der Waals surface area contributed by atoms with Crippen LogP contribution in [0.4, 0.5) is 0 Å². The number of benzene rings is 1. The van der Waals surface area contributed by atoms with Crippen LogP contribution in [0.3, 0.4) is 0 Å². The number of nitrogens with two attached hydrogens (primary N) is 1. The van der Waals surface area contributed by atoms with E-state index in [-0.39, 0.29) is 5.78 Å². The predicted octanol–water partition coefficient (Wildman–Crippen LogP) is 3.20. The highest BCUT2D eigenvalue weighted by Gasteiger charge is 2.10. The molecule has 0 unspecified atom stereocenters. The van der Waals surface area contributed by atoms with Gasteiger partial charge in [0.2, 0.25) is 0 Å². The second-order valence-corrected chi connectivity index (χ2v) is 4.91. The van der Waals surface area contributed by atoms with Crippen LogP contribution < -0.4 is 5.73 Å². The molecule has 0 saturated heterocycles. The fourth-order valence-corrected chi connectivity index (χ4v) is 1.97. The van der Waals surface area contributed by atoms with E-state index in [1.165, 1.54) is 0 Å². The summed E-state index contributed by atoms with van der Waals surface area (Å²) in [7, 11) is 0. The van der Waals surface area contributed by atoms with Gasteiger partial charge in [-0.3, -0.25) is 4.79 Å². The molecule has 0 aliphatic rings. The molecule has 0 saturated carbocycles. The maximum atomic E-state index is 12.1. The monoisotopic (exact) mass is 233 g/mol. The van der Waals surface area contributed by atoms with E-state index in [0.717, 1.165) is 30.4 Å². The van der Waals surface area contributed by atoms with Crippen molar-refractivity contribution in [2.45, 2.75) is 39.5 Å². The van der Waals surface area contributed by atoms with Crippen molar-refractivity contribution in [1.82, 2.24) is 0 Å². The third kappa shape index (κ3) is 4.70. The first kappa shape index (κ1) is 13.9. The number of carbonyl (C=O) groups excluding carboxylic acids is 1. The second-order valence-electron chi connectivity index (χ2n) is 4.91. The van der Waals surface area contributed by atoms with Gasteiger partial charge in [-0.1, -0.05) is 44.5 Å². The smallest absolute Gasteiger partial charge is 0.163 e. The van der Waals surface area contributed by atoms with Gasteiger partial charge in [0, 0.05) is 12.0 Å². The number of carbonyl (C=O) groups is 1. The van der Waals surface area contributed by atoms with E-state index in [0.29, 0.717) is 18.9 Å². The fraction of sp³-hybridized carbons (Fsp3) is 0.533. The maximum absolute atomic E-state index is 12.1. The molecule has 0 fully saturated rings. The lowest BCUT2D eigenvalue weighted by Crippen LogP contribution is -2.09. The zero-order chi connectivity index (χ0) is 12.7. The van der Waals surface area contributed by atoms with Crippen molar-refractivity contribution < 1.29 is 4.79 Å². The van der Waals surface area contributed by atoms with Crippen LogP contribution in [0.25, 0.3) is 0 Å². The SMILES string of the molecule is CC(C)CCCC(=O)c1ccccc1CCN. The van der Waals surface area contributed by atoms with Gasteiger partial charge < -0.3 is 5.73 Å². The molecule has 0 aliphatic carbocycles. The van der Waals surface area contributed by atoms with Gasteiger partial charge in [0.1, 0.15) is 0 Å². The second kappa shape index (κ2) is 7.23. The summed E-state index contributed by atoms with van der Waals surface area (Å²) in [5, 5.41) is 0. The highest BCUT2D eigenvalue weighted by Crippen LogP contribution is 2.15. The molecule has 0 atom stereocenters. The number of Topliss-reactive ketones (excluding diaryl/α,β-unsaturated/α-hetero) is 1. The average molecular weight is 233 g/mol. The summed E-state index contributed by atoms with van der Waals surface area (Å²) in [6.45, 7) is 4.97. The molecule has 0 aliphatic heterocycles. The maximum Gasteiger partial charge on any atom is 0.163 e. The molecule has 0 radical (unpaired) electrons. The Kier molecular flexibility index (Phi) is 5.92. The molecule has 0 bridgehead atoms. The molecule has 2 N–H and O–H groups in total. The van der Waals surface area contributed by atoms with E-state index < -0.39 is 0 Å². The minimum atomic E-state index is 0.259. The highest BCUT2D eigenvalue weighted by atomic mass is 16.1. The van der Waals surface area contributed by atoms with Crippen LogP contribution in [-0.2, 0) is 6.42 Å². The summed E-state index contributed by atoms with van der Waals surface area (Å²) in [6, 6.07) is 7.82. The number of ketones is 1. The standard InChI is InChI=1S/C15H23NO/c1-12(2)6-5-9-15(17)14-8-4-3-7-13(14)10-11-16/h3-4,7-8,12H,5-6,9-11,16H2,1-2H3. The van der Waals surface area contributed by atoms with E-state index in [1.807, 2.05) is 24.3 Å². The largest absolute Gasteiger partial charge is 0.330 e. The molecule has 2 nitrogen and oxygen atoms in total. The topological polar surface area (TPSA) is 43.1 Å². The Labute approximate surface area is 104 Å². The molecule has 2 heteroatoms. The number of hydrogen-bond donors (Lipinski definition) is 1. The minimum absolute atomic E-state index is 0.259. The van der Waals surface area contributed by atoms with Crippen molar-refractivity contribution in [2.24, 2.45) is 11.7 Å². The summed E-state index contributed by atoms with van der Waals surface area (Å²) < 4.78 is 0. The van der Waals surface area contributed by atoms with Crippen molar-refractivity contribution in [3.8, 4) is 0 Å². The number of hydrogen-bond acceptors (Lipinski definition) is 2. The Bertz CT molecular complexity index is 358. The molecule has 94 valence electrons. The number of rotatable bonds is 7. The average Bonchev–Trinajstić information content (AvgIpc) is 2.29. The lowest BCUT2D eigenvalue weighted by atomic mass is 9.96. The Morgan fingerprint density at radius 3 is 2.65 bits per heavy atom. The normalized spacial score (nSPS) is 10.8. The van der Waals surface area contributed by atoms with Gasteiger partial charge in [-0.25, -0.2) is 0 Å². The molecule has 1 aromatic rings. The third-order valence-corrected chi connectivity index (χ3v) is 2.92.